The van der Waals surface area contributed by atoms with Crippen molar-refractivity contribution in [3.8, 4) is 0 Å². The number of halogens is 1. The quantitative estimate of drug-likeness (QED) is 0.614. The molecule has 140 valence electrons. The summed E-state index contributed by atoms with van der Waals surface area (Å²) in [5.41, 5.74) is 1.84. The van der Waals surface area contributed by atoms with Crippen LogP contribution in [0, 0.1) is 0 Å². The molecule has 2 fully saturated rings. The largest absolute Gasteiger partial charge is 0.390 e. The minimum absolute atomic E-state index is 0.274. The lowest BCUT2D eigenvalue weighted by Crippen LogP contribution is -2.25. The normalized spacial score (nSPS) is 30.0. The van der Waals surface area contributed by atoms with Crippen LogP contribution in [-0.2, 0) is 0 Å². The minimum atomic E-state index is -0.845. The molecule has 1 aliphatic carbocycles. The summed E-state index contributed by atoms with van der Waals surface area (Å²) in [4.78, 5) is 4.43. The summed E-state index contributed by atoms with van der Waals surface area (Å²) in [5.74, 6) is 2.19. The first-order valence-corrected chi connectivity index (χ1v) is 10.2. The van der Waals surface area contributed by atoms with Crippen LogP contribution in [0.25, 0.3) is 5.65 Å². The van der Waals surface area contributed by atoms with E-state index in [4.69, 9.17) is 11.6 Å². The highest BCUT2D eigenvalue weighted by Crippen LogP contribution is 2.44. The molecule has 1 saturated heterocycles. The summed E-state index contributed by atoms with van der Waals surface area (Å²) in [7, 11) is 0. The molecule has 1 aromatic carbocycles. The van der Waals surface area contributed by atoms with Crippen LogP contribution in [0.2, 0.25) is 5.02 Å². The molecule has 3 aromatic rings. The molecule has 0 radical (unpaired) electrons. The first kappa shape index (κ1) is 17.2. The predicted octanol–water partition coefficient (Wildman–Crippen LogP) is 2.26. The molecule has 9 heteroatoms. The molecule has 1 saturated carbocycles. The Morgan fingerprint density at radius 2 is 2.15 bits per heavy atom. The maximum absolute atomic E-state index is 10.2. The van der Waals surface area contributed by atoms with Gasteiger partial charge in [0.25, 0.3) is 0 Å². The van der Waals surface area contributed by atoms with Gasteiger partial charge in [0.15, 0.2) is 11.6 Å². The Morgan fingerprint density at radius 1 is 1.26 bits per heavy atom. The van der Waals surface area contributed by atoms with E-state index in [2.05, 4.69) is 26.6 Å². The Labute approximate surface area is 164 Å². The lowest BCUT2D eigenvalue weighted by Gasteiger charge is -2.13. The predicted molar refractivity (Wildman–Crippen MR) is 104 cm³/mol. The number of aliphatic hydroxyl groups excluding tert-OH is 2. The molecule has 7 nitrogen and oxygen atoms in total. The Bertz CT molecular complexity index is 999. The zero-order valence-electron chi connectivity index (χ0n) is 14.2. The smallest absolute Gasteiger partial charge is 0.203 e. The van der Waals surface area contributed by atoms with Crippen molar-refractivity contribution in [3.63, 3.8) is 0 Å². The van der Waals surface area contributed by atoms with Gasteiger partial charge in [0.2, 0.25) is 5.65 Å². The molecule has 5 rings (SSSR count). The molecule has 1 aliphatic heterocycles. The summed E-state index contributed by atoms with van der Waals surface area (Å²) >= 11 is 7.58. The maximum Gasteiger partial charge on any atom is 0.203 e. The van der Waals surface area contributed by atoms with Crippen LogP contribution in [0.4, 0.5) is 5.82 Å². The molecule has 0 amide bonds. The van der Waals surface area contributed by atoms with Crippen molar-refractivity contribution < 1.29 is 10.2 Å². The van der Waals surface area contributed by atoms with Gasteiger partial charge in [0.1, 0.15) is 0 Å². The molecule has 0 spiro atoms. The van der Waals surface area contributed by atoms with Gasteiger partial charge >= 0.3 is 0 Å². The molecule has 0 bridgehead atoms. The van der Waals surface area contributed by atoms with E-state index < -0.39 is 12.2 Å². The van der Waals surface area contributed by atoms with Gasteiger partial charge in [-0.05, 0) is 24.1 Å². The monoisotopic (exact) mass is 403 g/mol. The van der Waals surface area contributed by atoms with Gasteiger partial charge in [-0.25, -0.2) is 4.98 Å². The highest BCUT2D eigenvalue weighted by atomic mass is 35.5. The van der Waals surface area contributed by atoms with Crippen molar-refractivity contribution in [1.82, 2.24) is 19.6 Å². The van der Waals surface area contributed by atoms with Crippen LogP contribution in [0.15, 0.2) is 36.7 Å². The van der Waals surface area contributed by atoms with E-state index in [0.717, 1.165) is 11.4 Å². The van der Waals surface area contributed by atoms with Crippen LogP contribution < -0.4 is 5.32 Å². The lowest BCUT2D eigenvalue weighted by molar-refractivity contribution is 0.0404. The van der Waals surface area contributed by atoms with E-state index in [1.165, 1.54) is 17.3 Å². The molecular formula is C18H18ClN5O2S. The average Bonchev–Trinajstić information content (AvgIpc) is 3.17. The van der Waals surface area contributed by atoms with Gasteiger partial charge in [-0.3, -0.25) is 4.40 Å². The van der Waals surface area contributed by atoms with E-state index in [9.17, 15) is 10.2 Å². The number of thioether (sulfide) groups is 1. The number of rotatable bonds is 4. The fourth-order valence-electron chi connectivity index (χ4n) is 3.60. The highest BCUT2D eigenvalue weighted by molar-refractivity contribution is 7.99. The van der Waals surface area contributed by atoms with Crippen molar-refractivity contribution in [2.24, 2.45) is 0 Å². The number of nitrogens with one attached hydrogen (secondary N) is 1. The third kappa shape index (κ3) is 3.06. The van der Waals surface area contributed by atoms with Crippen molar-refractivity contribution in [2.45, 2.75) is 35.8 Å². The van der Waals surface area contributed by atoms with Crippen molar-refractivity contribution in [2.75, 3.05) is 11.1 Å². The van der Waals surface area contributed by atoms with Gasteiger partial charge < -0.3 is 15.5 Å². The number of nitrogens with zero attached hydrogens (tertiary/aromatic N) is 4. The number of hydrogen-bond acceptors (Lipinski definition) is 7. The Morgan fingerprint density at radius 3 is 2.93 bits per heavy atom. The average molecular weight is 404 g/mol. The third-order valence-corrected chi connectivity index (χ3v) is 6.77. The molecule has 5 atom stereocenters. The zero-order valence-corrected chi connectivity index (χ0v) is 15.8. The number of fused-ring (bicyclic) bond motifs is 1. The topological polar surface area (TPSA) is 95.6 Å². The summed E-state index contributed by atoms with van der Waals surface area (Å²) in [6.45, 7) is 0. The van der Waals surface area contributed by atoms with Gasteiger partial charge in [-0.1, -0.05) is 23.7 Å². The SMILES string of the molecule is O[C@@H]1[C@H](O)CS[C@H]1c1nnc2c(N[C@H]3C[C@@H]3c3cccc(Cl)c3)nccn12. The summed E-state index contributed by atoms with van der Waals surface area (Å²) < 4.78 is 1.84. The third-order valence-electron chi connectivity index (χ3n) is 5.15. The molecule has 27 heavy (non-hydrogen) atoms. The number of benzene rings is 1. The van der Waals surface area contributed by atoms with Crippen molar-refractivity contribution in [1.29, 1.82) is 0 Å². The summed E-state index contributed by atoms with van der Waals surface area (Å²) in [6, 6.07) is 8.21. The van der Waals surface area contributed by atoms with Gasteiger partial charge in [0.05, 0.1) is 17.5 Å². The standard InChI is InChI=1S/C18H18ClN5O2S/c19-10-3-1-2-9(6-10)11-7-12(11)21-16-18-23-22-17(24(18)5-4-20-16)15-14(26)13(25)8-27-15/h1-6,11-15,25-26H,7-8H2,(H,20,21)/t11-,12+,13-,14-,15-/m1/s1. The number of anilines is 1. The number of aliphatic hydroxyl groups is 2. The van der Waals surface area contributed by atoms with Gasteiger partial charge in [-0.15, -0.1) is 22.0 Å². The van der Waals surface area contributed by atoms with E-state index in [1.54, 1.807) is 12.4 Å². The van der Waals surface area contributed by atoms with E-state index in [1.807, 2.05) is 22.6 Å². The molecular weight excluding hydrogens is 386 g/mol. The van der Waals surface area contributed by atoms with Crippen LogP contribution in [0.3, 0.4) is 0 Å². The lowest BCUT2D eigenvalue weighted by atomic mass is 10.1. The second-order valence-corrected chi connectivity index (χ2v) is 8.60. The van der Waals surface area contributed by atoms with Crippen LogP contribution >= 0.6 is 23.4 Å². The molecule has 3 N–H and O–H groups in total. The second kappa shape index (κ2) is 6.63. The van der Waals surface area contributed by atoms with Crippen molar-refractivity contribution in [3.05, 3.63) is 53.1 Å². The van der Waals surface area contributed by atoms with Gasteiger partial charge in [-0.2, -0.15) is 0 Å². The summed E-state index contributed by atoms with van der Waals surface area (Å²) in [5, 5.41) is 32.5. The van der Waals surface area contributed by atoms with Crippen molar-refractivity contribution >= 4 is 34.8 Å². The van der Waals surface area contributed by atoms with Gasteiger partial charge in [0, 0.05) is 35.1 Å². The molecule has 2 aromatic heterocycles. The maximum atomic E-state index is 10.2. The molecule has 0 unspecified atom stereocenters. The van der Waals surface area contributed by atoms with Crippen LogP contribution in [-0.4, -0.2) is 53.8 Å². The zero-order chi connectivity index (χ0) is 18.5. The van der Waals surface area contributed by atoms with E-state index in [-0.39, 0.29) is 11.3 Å². The van der Waals surface area contributed by atoms with Crippen LogP contribution in [0.5, 0.6) is 0 Å². The summed E-state index contributed by atoms with van der Waals surface area (Å²) in [6.07, 6.45) is 2.91. The van der Waals surface area contributed by atoms with Crippen LogP contribution in [0.1, 0.15) is 29.0 Å². The first-order chi connectivity index (χ1) is 13.1. The van der Waals surface area contributed by atoms with E-state index in [0.29, 0.717) is 29.0 Å². The van der Waals surface area contributed by atoms with E-state index >= 15 is 0 Å². The molecule has 3 heterocycles. The Hall–Kier alpha value is -1.87. The number of aromatic nitrogens is 4. The number of hydrogen-bond donors (Lipinski definition) is 3. The highest BCUT2D eigenvalue weighted by Gasteiger charge is 2.40. The Kier molecular flexibility index (Phi) is 4.23. The fourth-order valence-corrected chi connectivity index (χ4v) is 5.09. The molecule has 2 aliphatic rings. The Balaban J connectivity index is 1.39. The minimum Gasteiger partial charge on any atom is -0.390 e. The fraction of sp³-hybridized carbons (Fsp3) is 0.389. The first-order valence-electron chi connectivity index (χ1n) is 8.81. The second-order valence-electron chi connectivity index (χ2n) is 6.99.